The Morgan fingerprint density at radius 1 is 1.30 bits per heavy atom. The van der Waals surface area contributed by atoms with E-state index in [2.05, 4.69) is 49.8 Å². The minimum absolute atomic E-state index is 0.0216. The molecule has 2 saturated heterocycles. The molecule has 3 aromatic rings. The van der Waals surface area contributed by atoms with Gasteiger partial charge in [0.25, 0.3) is 0 Å². The van der Waals surface area contributed by atoms with Crippen LogP contribution in [-0.2, 0) is 11.8 Å². The highest BCUT2D eigenvalue weighted by Crippen LogP contribution is 2.39. The van der Waals surface area contributed by atoms with Crippen molar-refractivity contribution >= 4 is 29.1 Å². The maximum Gasteiger partial charge on any atom is 0.368 e. The predicted molar refractivity (Wildman–Crippen MR) is 149 cm³/mol. The van der Waals surface area contributed by atoms with Gasteiger partial charge < -0.3 is 20.1 Å². The van der Waals surface area contributed by atoms with Crippen LogP contribution >= 0.6 is 11.6 Å². The van der Waals surface area contributed by atoms with E-state index < -0.39 is 11.5 Å². The number of rotatable bonds is 9. The van der Waals surface area contributed by atoms with Crippen LogP contribution in [0.1, 0.15) is 46.5 Å². The van der Waals surface area contributed by atoms with Crippen molar-refractivity contribution in [3.8, 4) is 11.4 Å². The number of hydrogen-bond acceptors (Lipinski definition) is 10. The normalized spacial score (nSPS) is 21.2. The third-order valence-electron chi connectivity index (χ3n) is 7.66. The molecule has 14 heteroatoms. The van der Waals surface area contributed by atoms with Gasteiger partial charge in [-0.1, -0.05) is 11.6 Å². The van der Waals surface area contributed by atoms with Crippen molar-refractivity contribution in [1.82, 2.24) is 34.7 Å². The molecule has 0 amide bonds. The van der Waals surface area contributed by atoms with E-state index in [1.54, 1.807) is 7.11 Å². The van der Waals surface area contributed by atoms with Crippen LogP contribution in [0.5, 0.6) is 5.75 Å². The molecule has 0 spiro atoms. The Hall–Kier alpha value is -3.29. The van der Waals surface area contributed by atoms with Crippen molar-refractivity contribution in [3.63, 3.8) is 0 Å². The number of ether oxygens (including phenoxy) is 2. The van der Waals surface area contributed by atoms with E-state index in [1.807, 2.05) is 6.92 Å². The first kappa shape index (κ1) is 28.2. The molecule has 1 aromatic carbocycles. The lowest BCUT2D eigenvalue weighted by atomic mass is 9.84. The summed E-state index contributed by atoms with van der Waals surface area (Å²) in [7, 11) is 3.01. The fourth-order valence-corrected chi connectivity index (χ4v) is 5.77. The molecule has 4 heterocycles. The van der Waals surface area contributed by atoms with Crippen LogP contribution in [0.3, 0.4) is 0 Å². The summed E-state index contributed by atoms with van der Waals surface area (Å²) in [6, 6.07) is 3.30. The highest BCUT2D eigenvalue weighted by Gasteiger charge is 2.43. The zero-order valence-corrected chi connectivity index (χ0v) is 24.1. The largest absolute Gasteiger partial charge is 0.489 e. The van der Waals surface area contributed by atoms with E-state index in [4.69, 9.17) is 21.1 Å². The number of piperidine rings is 1. The molecule has 216 valence electrons. The maximum atomic E-state index is 15.3. The van der Waals surface area contributed by atoms with Crippen LogP contribution in [0.4, 0.5) is 21.8 Å². The molecule has 2 N–H and O–H groups in total. The number of anilines is 3. The summed E-state index contributed by atoms with van der Waals surface area (Å²) >= 11 is 6.47. The summed E-state index contributed by atoms with van der Waals surface area (Å²) in [6.45, 7) is 7.63. The lowest BCUT2D eigenvalue weighted by molar-refractivity contribution is 0.0501. The van der Waals surface area contributed by atoms with Gasteiger partial charge in [-0.3, -0.25) is 4.90 Å². The molecule has 0 aliphatic carbocycles. The SMILES string of the molecule is CO[C@@H](C)COc1cc(F)c(Nc2ncc(Cl)c(N[C@@H]3C[C@@H]4CCCN4C(C)(C)C3)n2)cc1-n1nnn(C)c1=O. The molecule has 40 heavy (non-hydrogen) atoms. The summed E-state index contributed by atoms with van der Waals surface area (Å²) < 4.78 is 28.4. The number of fused-ring (bicyclic) bond motifs is 1. The van der Waals surface area contributed by atoms with Crippen LogP contribution in [0.15, 0.2) is 23.1 Å². The Labute approximate surface area is 236 Å². The Morgan fingerprint density at radius 3 is 2.83 bits per heavy atom. The topological polar surface area (TPSA) is 124 Å². The Morgan fingerprint density at radius 2 is 2.10 bits per heavy atom. The van der Waals surface area contributed by atoms with Crippen molar-refractivity contribution < 1.29 is 13.9 Å². The van der Waals surface area contributed by atoms with E-state index in [0.29, 0.717) is 16.9 Å². The lowest BCUT2D eigenvalue weighted by Crippen LogP contribution is -2.55. The summed E-state index contributed by atoms with van der Waals surface area (Å²) in [5, 5.41) is 14.4. The van der Waals surface area contributed by atoms with Gasteiger partial charge in [-0.15, -0.1) is 0 Å². The van der Waals surface area contributed by atoms with Crippen molar-refractivity contribution in [1.29, 1.82) is 0 Å². The van der Waals surface area contributed by atoms with E-state index in [0.717, 1.165) is 28.8 Å². The molecule has 2 aliphatic heterocycles. The first-order valence-electron chi connectivity index (χ1n) is 13.4. The molecule has 0 bridgehead atoms. The fourth-order valence-electron chi connectivity index (χ4n) is 5.62. The number of nitrogens with one attached hydrogen (secondary N) is 2. The zero-order chi connectivity index (χ0) is 28.6. The number of nitrogens with zero attached hydrogens (tertiary/aromatic N) is 7. The van der Waals surface area contributed by atoms with Gasteiger partial charge in [-0.05, 0) is 69.5 Å². The van der Waals surface area contributed by atoms with Gasteiger partial charge in [-0.2, -0.15) is 14.3 Å². The maximum absolute atomic E-state index is 15.3. The van der Waals surface area contributed by atoms with E-state index >= 15 is 4.39 Å². The number of aryl methyl sites for hydroxylation is 1. The molecule has 2 aliphatic rings. The van der Waals surface area contributed by atoms with E-state index in [9.17, 15) is 4.79 Å². The molecule has 2 aromatic heterocycles. The average molecular weight is 576 g/mol. The quantitative estimate of drug-likeness (QED) is 0.391. The molecular weight excluding hydrogens is 541 g/mol. The summed E-state index contributed by atoms with van der Waals surface area (Å²) in [6.07, 6.45) is 5.57. The third-order valence-corrected chi connectivity index (χ3v) is 7.94. The van der Waals surface area contributed by atoms with Gasteiger partial charge in [0.2, 0.25) is 5.95 Å². The Bertz CT molecular complexity index is 1430. The highest BCUT2D eigenvalue weighted by molar-refractivity contribution is 6.32. The molecule has 0 radical (unpaired) electrons. The van der Waals surface area contributed by atoms with Crippen molar-refractivity contribution in [2.24, 2.45) is 7.05 Å². The first-order chi connectivity index (χ1) is 19.1. The number of aromatic nitrogens is 6. The van der Waals surface area contributed by atoms with Crippen LogP contribution < -0.4 is 21.1 Å². The summed E-state index contributed by atoms with van der Waals surface area (Å²) in [5.41, 5.74) is -0.232. The summed E-state index contributed by atoms with van der Waals surface area (Å²) in [5.74, 6) is 0.0900. The van der Waals surface area contributed by atoms with Gasteiger partial charge in [0, 0.05) is 37.8 Å². The van der Waals surface area contributed by atoms with Crippen molar-refractivity contribution in [2.75, 3.05) is 30.9 Å². The fraction of sp³-hybridized carbons (Fsp3) is 0.577. The van der Waals surface area contributed by atoms with Gasteiger partial charge in [0.1, 0.15) is 23.1 Å². The molecule has 2 fully saturated rings. The highest BCUT2D eigenvalue weighted by atomic mass is 35.5. The first-order valence-corrected chi connectivity index (χ1v) is 13.7. The second-order valence-corrected chi connectivity index (χ2v) is 11.5. The van der Waals surface area contributed by atoms with Crippen molar-refractivity contribution in [2.45, 2.75) is 70.2 Å². The number of halogens is 2. The Balaban J connectivity index is 1.41. The monoisotopic (exact) mass is 575 g/mol. The number of methoxy groups -OCH3 is 1. The second kappa shape index (κ2) is 11.3. The van der Waals surface area contributed by atoms with Gasteiger partial charge in [0.15, 0.2) is 11.6 Å². The van der Waals surface area contributed by atoms with Gasteiger partial charge in [0.05, 0.1) is 18.0 Å². The van der Waals surface area contributed by atoms with Gasteiger partial charge >= 0.3 is 5.69 Å². The average Bonchev–Trinajstić information content (AvgIpc) is 3.52. The number of tetrazole rings is 1. The second-order valence-electron chi connectivity index (χ2n) is 11.1. The number of hydrogen-bond donors (Lipinski definition) is 2. The van der Waals surface area contributed by atoms with Crippen LogP contribution in [0.2, 0.25) is 5.02 Å². The van der Waals surface area contributed by atoms with Crippen LogP contribution in [0, 0.1) is 5.82 Å². The minimum Gasteiger partial charge on any atom is -0.489 e. The molecule has 0 unspecified atom stereocenters. The lowest BCUT2D eigenvalue weighted by Gasteiger charge is -2.47. The third kappa shape index (κ3) is 5.77. The minimum atomic E-state index is -0.635. The molecular formula is C26H35ClFN9O3. The standard InChI is InChI=1S/C26H35ClFN9O3/c1-15(39-5)14-40-22-10-19(28)20(11-21(22)37-25(38)35(4)33-34-37)31-24-29-13-18(27)23(32-24)30-16-9-17-7-6-8-36(17)26(2,3)12-16/h10-11,13,15-17H,6-9,12,14H2,1-5H3,(H2,29,30,31,32)/t15-,16+,17-/m0/s1. The van der Waals surface area contributed by atoms with Crippen LogP contribution in [-0.4, -0.2) is 78.6 Å². The predicted octanol–water partition coefficient (Wildman–Crippen LogP) is 3.52. The molecule has 0 saturated carbocycles. The number of benzene rings is 1. The molecule has 5 rings (SSSR count). The van der Waals surface area contributed by atoms with E-state index in [1.165, 1.54) is 38.2 Å². The molecule has 12 nitrogen and oxygen atoms in total. The zero-order valence-electron chi connectivity index (χ0n) is 23.3. The van der Waals surface area contributed by atoms with Gasteiger partial charge in [-0.25, -0.2) is 14.2 Å². The summed E-state index contributed by atoms with van der Waals surface area (Å²) in [4.78, 5) is 24.0. The van der Waals surface area contributed by atoms with Crippen molar-refractivity contribution in [3.05, 3.63) is 39.7 Å². The molecule has 3 atom stereocenters. The Kier molecular flexibility index (Phi) is 7.98. The van der Waals surface area contributed by atoms with Crippen LogP contribution in [0.25, 0.3) is 5.69 Å². The van der Waals surface area contributed by atoms with E-state index in [-0.39, 0.29) is 47.4 Å². The smallest absolute Gasteiger partial charge is 0.368 e.